The third kappa shape index (κ3) is 2.79. The minimum absolute atomic E-state index is 0.0680. The minimum Gasteiger partial charge on any atom is -0.298 e. The number of ketones is 1. The van der Waals surface area contributed by atoms with E-state index in [-0.39, 0.29) is 10.6 Å². The molecule has 70 valence electrons. The van der Waals surface area contributed by atoms with Crippen LogP contribution < -0.4 is 0 Å². The third-order valence-corrected chi connectivity index (χ3v) is 4.00. The normalized spacial score (nSPS) is 12.6. The van der Waals surface area contributed by atoms with Crippen LogP contribution in [0.25, 0.3) is 0 Å². The average Bonchev–Trinajstić information content (AvgIpc) is 2.08. The summed E-state index contributed by atoms with van der Waals surface area (Å²) in [5.74, 6) is 0.0680. The molecule has 0 radical (unpaired) electrons. The Morgan fingerprint density at radius 1 is 1.54 bits per heavy atom. The number of hydrogen-bond donors (Lipinski definition) is 0. The predicted octanol–water partition coefficient (Wildman–Crippen LogP) is 4.13. The SMILES string of the molecule is CC(=O)C(Br)c1ccc(Br)c(Cl)c1. The molecule has 0 heterocycles. The lowest BCUT2D eigenvalue weighted by Crippen LogP contribution is -2.00. The van der Waals surface area contributed by atoms with Gasteiger partial charge in [0.1, 0.15) is 5.78 Å². The summed E-state index contributed by atoms with van der Waals surface area (Å²) in [7, 11) is 0. The van der Waals surface area contributed by atoms with Gasteiger partial charge in [-0.3, -0.25) is 4.79 Å². The van der Waals surface area contributed by atoms with Crippen molar-refractivity contribution < 1.29 is 4.79 Å². The summed E-state index contributed by atoms with van der Waals surface area (Å²) >= 11 is 12.5. The summed E-state index contributed by atoms with van der Waals surface area (Å²) in [6, 6.07) is 5.46. The van der Waals surface area contributed by atoms with E-state index in [1.807, 2.05) is 12.1 Å². The zero-order valence-electron chi connectivity index (χ0n) is 6.85. The van der Waals surface area contributed by atoms with Gasteiger partial charge in [0.15, 0.2) is 0 Å². The van der Waals surface area contributed by atoms with Gasteiger partial charge in [0.05, 0.1) is 9.85 Å². The summed E-state index contributed by atoms with van der Waals surface area (Å²) in [6.07, 6.45) is 0. The van der Waals surface area contributed by atoms with Crippen LogP contribution in [0, 0.1) is 0 Å². The zero-order valence-corrected chi connectivity index (χ0v) is 10.8. The minimum atomic E-state index is -0.266. The quantitative estimate of drug-likeness (QED) is 0.747. The first-order valence-electron chi connectivity index (χ1n) is 3.62. The van der Waals surface area contributed by atoms with Gasteiger partial charge >= 0.3 is 0 Å². The Labute approximate surface area is 98.7 Å². The van der Waals surface area contributed by atoms with E-state index in [2.05, 4.69) is 31.9 Å². The lowest BCUT2D eigenvalue weighted by Gasteiger charge is -2.06. The summed E-state index contributed by atoms with van der Waals surface area (Å²) in [5, 5.41) is 0.614. The first-order chi connectivity index (χ1) is 6.02. The van der Waals surface area contributed by atoms with Crippen LogP contribution in [-0.2, 0) is 4.79 Å². The van der Waals surface area contributed by atoms with E-state index in [1.54, 1.807) is 6.07 Å². The van der Waals surface area contributed by atoms with Crippen molar-refractivity contribution in [3.05, 3.63) is 33.3 Å². The van der Waals surface area contributed by atoms with Crippen molar-refractivity contribution in [1.82, 2.24) is 0 Å². The summed E-state index contributed by atoms with van der Waals surface area (Å²) < 4.78 is 0.834. The van der Waals surface area contributed by atoms with Gasteiger partial charge in [-0.15, -0.1) is 0 Å². The molecule has 0 spiro atoms. The van der Waals surface area contributed by atoms with Gasteiger partial charge in [-0.2, -0.15) is 0 Å². The molecular formula is C9H7Br2ClO. The maximum atomic E-state index is 11.0. The van der Waals surface area contributed by atoms with Crippen LogP contribution in [0.2, 0.25) is 5.02 Å². The largest absolute Gasteiger partial charge is 0.298 e. The molecule has 0 N–H and O–H groups in total. The standard InChI is InChI=1S/C9H7Br2ClO/c1-5(13)9(11)6-2-3-7(10)8(12)4-6/h2-4,9H,1H3. The highest BCUT2D eigenvalue weighted by molar-refractivity contribution is 9.10. The van der Waals surface area contributed by atoms with Crippen molar-refractivity contribution in [3.8, 4) is 0 Å². The Balaban J connectivity index is 3.03. The lowest BCUT2D eigenvalue weighted by molar-refractivity contribution is -0.116. The van der Waals surface area contributed by atoms with Crippen molar-refractivity contribution in [2.75, 3.05) is 0 Å². The van der Waals surface area contributed by atoms with Gasteiger partial charge in [-0.05, 0) is 40.5 Å². The van der Waals surface area contributed by atoms with Crippen molar-refractivity contribution >= 4 is 49.2 Å². The van der Waals surface area contributed by atoms with Crippen molar-refractivity contribution in [3.63, 3.8) is 0 Å². The van der Waals surface area contributed by atoms with E-state index in [0.717, 1.165) is 10.0 Å². The fourth-order valence-electron chi connectivity index (χ4n) is 0.905. The molecule has 1 unspecified atom stereocenters. The van der Waals surface area contributed by atoms with E-state index < -0.39 is 0 Å². The highest BCUT2D eigenvalue weighted by atomic mass is 79.9. The topological polar surface area (TPSA) is 17.1 Å². The number of hydrogen-bond acceptors (Lipinski definition) is 1. The fraction of sp³-hybridized carbons (Fsp3) is 0.222. The second-order valence-corrected chi connectivity index (χ2v) is 4.82. The number of halogens is 3. The van der Waals surface area contributed by atoms with Crippen LogP contribution in [0.5, 0.6) is 0 Å². The van der Waals surface area contributed by atoms with Gasteiger partial charge in [0.2, 0.25) is 0 Å². The molecule has 0 aliphatic carbocycles. The monoisotopic (exact) mass is 324 g/mol. The molecule has 1 aromatic rings. The molecule has 1 rings (SSSR count). The number of carbonyl (C=O) groups excluding carboxylic acids is 1. The smallest absolute Gasteiger partial charge is 0.147 e. The number of carbonyl (C=O) groups is 1. The van der Waals surface area contributed by atoms with Crippen LogP contribution in [0.3, 0.4) is 0 Å². The maximum absolute atomic E-state index is 11.0. The molecule has 0 bridgehead atoms. The number of benzene rings is 1. The molecule has 1 nitrogen and oxygen atoms in total. The molecule has 0 aliphatic heterocycles. The van der Waals surface area contributed by atoms with Crippen LogP contribution in [-0.4, -0.2) is 5.78 Å². The fourth-order valence-corrected chi connectivity index (χ4v) is 1.63. The molecule has 0 aromatic heterocycles. The van der Waals surface area contributed by atoms with Gasteiger partial charge in [-0.1, -0.05) is 33.6 Å². The van der Waals surface area contributed by atoms with E-state index in [0.29, 0.717) is 5.02 Å². The molecule has 4 heteroatoms. The highest BCUT2D eigenvalue weighted by Gasteiger charge is 2.13. The van der Waals surface area contributed by atoms with Gasteiger partial charge in [-0.25, -0.2) is 0 Å². The second-order valence-electron chi connectivity index (χ2n) is 2.65. The van der Waals surface area contributed by atoms with Crippen molar-refractivity contribution in [2.24, 2.45) is 0 Å². The van der Waals surface area contributed by atoms with Crippen LogP contribution in [0.1, 0.15) is 17.3 Å². The summed E-state index contributed by atoms with van der Waals surface area (Å²) in [6.45, 7) is 1.54. The Kier molecular flexibility index (Phi) is 3.95. The van der Waals surface area contributed by atoms with E-state index in [9.17, 15) is 4.79 Å². The van der Waals surface area contributed by atoms with E-state index in [1.165, 1.54) is 6.92 Å². The van der Waals surface area contributed by atoms with Crippen LogP contribution >= 0.6 is 43.5 Å². The molecular weight excluding hydrogens is 319 g/mol. The van der Waals surface area contributed by atoms with Gasteiger partial charge in [0.25, 0.3) is 0 Å². The predicted molar refractivity (Wildman–Crippen MR) is 61.5 cm³/mol. The first-order valence-corrected chi connectivity index (χ1v) is 5.70. The number of rotatable bonds is 2. The molecule has 0 saturated carbocycles. The Hall–Kier alpha value is 0.140. The third-order valence-electron chi connectivity index (χ3n) is 1.59. The Morgan fingerprint density at radius 2 is 2.15 bits per heavy atom. The van der Waals surface area contributed by atoms with Crippen LogP contribution in [0.15, 0.2) is 22.7 Å². The number of alkyl halides is 1. The summed E-state index contributed by atoms with van der Waals surface area (Å²) in [5.41, 5.74) is 0.876. The van der Waals surface area contributed by atoms with E-state index >= 15 is 0 Å². The molecule has 0 saturated heterocycles. The Bertz CT molecular complexity index is 338. The molecule has 0 fully saturated rings. The highest BCUT2D eigenvalue weighted by Crippen LogP contribution is 2.30. The van der Waals surface area contributed by atoms with E-state index in [4.69, 9.17) is 11.6 Å². The summed E-state index contributed by atoms with van der Waals surface area (Å²) in [4.78, 5) is 10.8. The zero-order chi connectivity index (χ0) is 10.0. The first kappa shape index (κ1) is 11.2. The van der Waals surface area contributed by atoms with Crippen molar-refractivity contribution in [2.45, 2.75) is 11.8 Å². The molecule has 1 atom stereocenters. The second kappa shape index (κ2) is 4.58. The Morgan fingerprint density at radius 3 is 2.62 bits per heavy atom. The molecule has 0 aliphatic rings. The van der Waals surface area contributed by atoms with Crippen LogP contribution in [0.4, 0.5) is 0 Å². The molecule has 1 aromatic carbocycles. The lowest BCUT2D eigenvalue weighted by atomic mass is 10.1. The van der Waals surface area contributed by atoms with Gasteiger partial charge < -0.3 is 0 Å². The molecule has 0 amide bonds. The molecule has 13 heavy (non-hydrogen) atoms. The maximum Gasteiger partial charge on any atom is 0.147 e. The van der Waals surface area contributed by atoms with Gasteiger partial charge in [0, 0.05) is 4.47 Å². The average molecular weight is 326 g/mol. The number of Topliss-reactive ketones (excluding diaryl/α,β-unsaturated/α-hetero) is 1. The van der Waals surface area contributed by atoms with Crippen molar-refractivity contribution in [1.29, 1.82) is 0 Å².